The molecule has 0 aromatic rings. The lowest BCUT2D eigenvalue weighted by molar-refractivity contribution is 0.248. The van der Waals surface area contributed by atoms with E-state index >= 15 is 0 Å². The highest BCUT2D eigenvalue weighted by Gasteiger charge is 1.88. The number of carbonyl (C=O) groups excluding carboxylic acids is 1. The molecule has 10 heavy (non-hydrogen) atoms. The quantitative estimate of drug-likeness (QED) is 0.597. The van der Waals surface area contributed by atoms with Crippen molar-refractivity contribution < 1.29 is 4.79 Å². The molecule has 0 saturated carbocycles. The van der Waals surface area contributed by atoms with Crippen LogP contribution in [0.25, 0.3) is 0 Å². The van der Waals surface area contributed by atoms with E-state index < -0.39 is 6.03 Å². The molecular formula is C6H16N2OS. The number of nitrogens with two attached hydrogens (primary N) is 1. The molecule has 0 spiro atoms. The van der Waals surface area contributed by atoms with Gasteiger partial charge in [0.05, 0.1) is 0 Å². The zero-order valence-electron chi connectivity index (χ0n) is 6.31. The molecule has 0 aliphatic carbocycles. The van der Waals surface area contributed by atoms with E-state index in [1.807, 2.05) is 0 Å². The molecular weight excluding hydrogens is 148 g/mol. The standard InChI is InChI=1S/C6H14N2O.H2S/c1-2-3-4-5-8-6(7)9;/h2-5H2,1H3,(H3,7,8,9);1H2. The lowest BCUT2D eigenvalue weighted by atomic mass is 10.2. The highest BCUT2D eigenvalue weighted by atomic mass is 32.1. The minimum Gasteiger partial charge on any atom is -0.352 e. The van der Waals surface area contributed by atoms with E-state index in [2.05, 4.69) is 12.2 Å². The third-order valence-corrected chi connectivity index (χ3v) is 1.08. The maximum atomic E-state index is 10.1. The Hall–Kier alpha value is -0.380. The largest absolute Gasteiger partial charge is 0.352 e. The van der Waals surface area contributed by atoms with Crippen molar-refractivity contribution in [2.45, 2.75) is 26.2 Å². The summed E-state index contributed by atoms with van der Waals surface area (Å²) in [6, 6.07) is -0.425. The third-order valence-electron chi connectivity index (χ3n) is 1.08. The second-order valence-electron chi connectivity index (χ2n) is 2.00. The Kier molecular flexibility index (Phi) is 10.6. The highest BCUT2D eigenvalue weighted by molar-refractivity contribution is 7.59. The molecule has 0 rings (SSSR count). The van der Waals surface area contributed by atoms with Crippen molar-refractivity contribution in [3.05, 3.63) is 0 Å². The van der Waals surface area contributed by atoms with Gasteiger partial charge >= 0.3 is 6.03 Å². The Balaban J connectivity index is 0. The lowest BCUT2D eigenvalue weighted by Crippen LogP contribution is -2.29. The third kappa shape index (κ3) is 10.6. The SMILES string of the molecule is CCCCCNC(N)=O.S. The molecule has 62 valence electrons. The van der Waals surface area contributed by atoms with E-state index in [1.165, 1.54) is 6.42 Å². The van der Waals surface area contributed by atoms with E-state index in [-0.39, 0.29) is 13.5 Å². The highest BCUT2D eigenvalue weighted by Crippen LogP contribution is 1.90. The van der Waals surface area contributed by atoms with Crippen LogP contribution in [0.2, 0.25) is 0 Å². The summed E-state index contributed by atoms with van der Waals surface area (Å²) in [6.07, 6.45) is 3.35. The first-order chi connectivity index (χ1) is 4.27. The summed E-state index contributed by atoms with van der Waals surface area (Å²) in [4.78, 5) is 10.1. The number of hydrogen-bond donors (Lipinski definition) is 2. The van der Waals surface area contributed by atoms with Gasteiger partial charge in [-0.2, -0.15) is 13.5 Å². The first-order valence-corrected chi connectivity index (χ1v) is 3.30. The molecule has 0 atom stereocenters. The summed E-state index contributed by atoms with van der Waals surface area (Å²) in [5, 5.41) is 2.52. The van der Waals surface area contributed by atoms with Crippen molar-refractivity contribution in [1.82, 2.24) is 5.32 Å². The van der Waals surface area contributed by atoms with Crippen LogP contribution in [0.5, 0.6) is 0 Å². The normalized spacial score (nSPS) is 8.10. The van der Waals surface area contributed by atoms with E-state index in [1.54, 1.807) is 0 Å². The molecule has 0 aliphatic heterocycles. The minimum atomic E-state index is -0.425. The number of carbonyl (C=O) groups is 1. The van der Waals surface area contributed by atoms with Crippen molar-refractivity contribution in [1.29, 1.82) is 0 Å². The Morgan fingerprint density at radius 1 is 1.50 bits per heavy atom. The number of nitrogens with one attached hydrogen (secondary N) is 1. The molecule has 0 heterocycles. The summed E-state index contributed by atoms with van der Waals surface area (Å²) >= 11 is 0. The molecule has 0 saturated heterocycles. The van der Waals surface area contributed by atoms with Gasteiger partial charge in [0.1, 0.15) is 0 Å². The van der Waals surface area contributed by atoms with Gasteiger partial charge in [-0.25, -0.2) is 4.79 Å². The van der Waals surface area contributed by atoms with Crippen LogP contribution in [0.15, 0.2) is 0 Å². The number of primary amides is 1. The molecule has 0 aromatic heterocycles. The number of hydrogen-bond acceptors (Lipinski definition) is 1. The van der Waals surface area contributed by atoms with E-state index in [4.69, 9.17) is 5.73 Å². The van der Waals surface area contributed by atoms with Crippen molar-refractivity contribution >= 4 is 19.5 Å². The second kappa shape index (κ2) is 8.62. The molecule has 0 radical (unpaired) electrons. The van der Waals surface area contributed by atoms with Gasteiger partial charge in [-0.1, -0.05) is 19.8 Å². The van der Waals surface area contributed by atoms with Crippen LogP contribution in [0.3, 0.4) is 0 Å². The van der Waals surface area contributed by atoms with Crippen molar-refractivity contribution in [3.8, 4) is 0 Å². The first-order valence-electron chi connectivity index (χ1n) is 3.30. The average Bonchev–Trinajstić information content (AvgIpc) is 1.80. The van der Waals surface area contributed by atoms with Gasteiger partial charge in [0, 0.05) is 6.54 Å². The van der Waals surface area contributed by atoms with Crippen molar-refractivity contribution in [3.63, 3.8) is 0 Å². The molecule has 0 aliphatic rings. The van der Waals surface area contributed by atoms with Gasteiger partial charge in [-0.05, 0) is 6.42 Å². The Bertz CT molecular complexity index is 87.8. The summed E-state index contributed by atoms with van der Waals surface area (Å²) in [6.45, 7) is 2.83. The van der Waals surface area contributed by atoms with Gasteiger partial charge in [0.2, 0.25) is 0 Å². The Labute approximate surface area is 68.8 Å². The average molecular weight is 164 g/mol. The van der Waals surface area contributed by atoms with E-state index in [0.29, 0.717) is 6.54 Å². The monoisotopic (exact) mass is 164 g/mol. The van der Waals surface area contributed by atoms with Crippen LogP contribution in [-0.2, 0) is 0 Å². The molecule has 0 fully saturated rings. The zero-order chi connectivity index (χ0) is 7.11. The molecule has 4 heteroatoms. The summed E-state index contributed by atoms with van der Waals surface area (Å²) < 4.78 is 0. The minimum absolute atomic E-state index is 0. The van der Waals surface area contributed by atoms with Gasteiger partial charge in [-0.15, -0.1) is 0 Å². The predicted octanol–water partition coefficient (Wildman–Crippen LogP) is 0.958. The fourth-order valence-electron chi connectivity index (χ4n) is 0.587. The molecule has 3 nitrogen and oxygen atoms in total. The van der Waals surface area contributed by atoms with Crippen LogP contribution in [-0.4, -0.2) is 12.6 Å². The van der Waals surface area contributed by atoms with Gasteiger partial charge in [-0.3, -0.25) is 0 Å². The smallest absolute Gasteiger partial charge is 0.312 e. The second-order valence-corrected chi connectivity index (χ2v) is 2.00. The molecule has 0 unspecified atom stereocenters. The van der Waals surface area contributed by atoms with Gasteiger partial charge in [0.15, 0.2) is 0 Å². The lowest BCUT2D eigenvalue weighted by Gasteiger charge is -1.97. The van der Waals surface area contributed by atoms with Crippen LogP contribution in [0, 0.1) is 0 Å². The van der Waals surface area contributed by atoms with Crippen molar-refractivity contribution in [2.24, 2.45) is 5.73 Å². The maximum Gasteiger partial charge on any atom is 0.312 e. The van der Waals surface area contributed by atoms with E-state index in [9.17, 15) is 4.79 Å². The van der Waals surface area contributed by atoms with Crippen LogP contribution in [0.1, 0.15) is 26.2 Å². The first kappa shape index (κ1) is 12.3. The summed E-state index contributed by atoms with van der Waals surface area (Å²) in [7, 11) is 0. The number of amides is 2. The maximum absolute atomic E-state index is 10.1. The molecule has 0 aromatic carbocycles. The van der Waals surface area contributed by atoms with E-state index in [0.717, 1.165) is 12.8 Å². The number of urea groups is 1. The fourth-order valence-corrected chi connectivity index (χ4v) is 0.587. The predicted molar refractivity (Wildman–Crippen MR) is 47.5 cm³/mol. The Morgan fingerprint density at radius 2 is 2.10 bits per heavy atom. The van der Waals surface area contributed by atoms with Crippen LogP contribution < -0.4 is 11.1 Å². The van der Waals surface area contributed by atoms with Crippen molar-refractivity contribution in [2.75, 3.05) is 6.54 Å². The molecule has 0 bridgehead atoms. The summed E-state index contributed by atoms with van der Waals surface area (Å²) in [5.74, 6) is 0. The fraction of sp³-hybridized carbons (Fsp3) is 0.833. The number of rotatable bonds is 4. The van der Waals surface area contributed by atoms with Gasteiger partial charge in [0.25, 0.3) is 0 Å². The topological polar surface area (TPSA) is 55.1 Å². The van der Waals surface area contributed by atoms with Gasteiger partial charge < -0.3 is 11.1 Å². The number of unbranched alkanes of at least 4 members (excludes halogenated alkanes) is 2. The molecule has 2 amide bonds. The Morgan fingerprint density at radius 3 is 2.50 bits per heavy atom. The summed E-state index contributed by atoms with van der Waals surface area (Å²) in [5.41, 5.74) is 4.82. The zero-order valence-corrected chi connectivity index (χ0v) is 7.31. The van der Waals surface area contributed by atoms with Crippen LogP contribution >= 0.6 is 13.5 Å². The van der Waals surface area contributed by atoms with Crippen LogP contribution in [0.4, 0.5) is 4.79 Å². The molecule has 3 N–H and O–H groups in total.